The zero-order valence-corrected chi connectivity index (χ0v) is 14.9. The molecular formula is C22H24N2O. The molecule has 128 valence electrons. The number of benzene rings is 2. The van der Waals surface area contributed by atoms with E-state index < -0.39 is 0 Å². The van der Waals surface area contributed by atoms with Crippen LogP contribution in [0.4, 0.5) is 0 Å². The fraction of sp³-hybridized carbons (Fsp3) is 0.273. The van der Waals surface area contributed by atoms with E-state index in [1.807, 2.05) is 30.3 Å². The highest BCUT2D eigenvalue weighted by Gasteiger charge is 2.13. The van der Waals surface area contributed by atoms with Gasteiger partial charge in [-0.1, -0.05) is 67.8 Å². The van der Waals surface area contributed by atoms with Crippen molar-refractivity contribution in [2.45, 2.75) is 33.1 Å². The molecule has 0 fully saturated rings. The van der Waals surface area contributed by atoms with Crippen LogP contribution in [0.2, 0.25) is 0 Å². The van der Waals surface area contributed by atoms with Gasteiger partial charge in [0.2, 0.25) is 0 Å². The second-order valence-corrected chi connectivity index (χ2v) is 6.40. The molecule has 0 bridgehead atoms. The minimum atomic E-state index is -0.0249. The monoisotopic (exact) mass is 332 g/mol. The summed E-state index contributed by atoms with van der Waals surface area (Å²) in [6.07, 6.45) is 3.29. The number of nitrogens with one attached hydrogen (secondary N) is 1. The van der Waals surface area contributed by atoms with Crippen LogP contribution < -0.4 is 5.32 Å². The number of hydrogen-bond acceptors (Lipinski definition) is 2. The van der Waals surface area contributed by atoms with Crippen molar-refractivity contribution >= 4 is 16.8 Å². The molecule has 2 aromatic carbocycles. The molecule has 3 rings (SSSR count). The Bertz CT molecular complexity index is 869. The molecule has 1 heterocycles. The number of aryl methyl sites for hydroxylation is 1. The molecule has 0 spiro atoms. The van der Waals surface area contributed by atoms with E-state index in [0.717, 1.165) is 41.4 Å². The fourth-order valence-electron chi connectivity index (χ4n) is 2.91. The number of aromatic nitrogens is 1. The van der Waals surface area contributed by atoms with Crippen LogP contribution in [0.25, 0.3) is 22.2 Å². The van der Waals surface area contributed by atoms with E-state index >= 15 is 0 Å². The van der Waals surface area contributed by atoms with Crippen LogP contribution in [0.5, 0.6) is 0 Å². The number of amides is 1. The highest BCUT2D eigenvalue weighted by atomic mass is 16.1. The van der Waals surface area contributed by atoms with Crippen molar-refractivity contribution in [1.29, 1.82) is 0 Å². The number of hydrogen-bond donors (Lipinski definition) is 1. The first kappa shape index (κ1) is 17.2. The summed E-state index contributed by atoms with van der Waals surface area (Å²) in [5.74, 6) is -0.0249. The number of para-hydroxylation sites is 1. The maximum atomic E-state index is 12.7. The van der Waals surface area contributed by atoms with Gasteiger partial charge in [0, 0.05) is 17.5 Å². The van der Waals surface area contributed by atoms with Crippen molar-refractivity contribution in [2.75, 3.05) is 6.54 Å². The van der Waals surface area contributed by atoms with Crippen molar-refractivity contribution < 1.29 is 4.79 Å². The number of carbonyl (C=O) groups is 1. The zero-order chi connectivity index (χ0) is 17.6. The van der Waals surface area contributed by atoms with Gasteiger partial charge in [0.25, 0.3) is 5.91 Å². The highest BCUT2D eigenvalue weighted by Crippen LogP contribution is 2.25. The predicted molar refractivity (Wildman–Crippen MR) is 104 cm³/mol. The lowest BCUT2D eigenvalue weighted by Crippen LogP contribution is -2.24. The van der Waals surface area contributed by atoms with E-state index in [2.05, 4.69) is 43.4 Å². The molecule has 3 aromatic rings. The van der Waals surface area contributed by atoms with Gasteiger partial charge >= 0.3 is 0 Å². The van der Waals surface area contributed by atoms with Gasteiger partial charge in [0.1, 0.15) is 0 Å². The van der Waals surface area contributed by atoms with Gasteiger partial charge in [0.05, 0.1) is 16.8 Å². The molecule has 0 radical (unpaired) electrons. The molecule has 0 atom stereocenters. The van der Waals surface area contributed by atoms with Crippen molar-refractivity contribution in [3.63, 3.8) is 0 Å². The van der Waals surface area contributed by atoms with Crippen LogP contribution >= 0.6 is 0 Å². The Balaban J connectivity index is 1.98. The Labute approximate surface area is 149 Å². The Morgan fingerprint density at radius 2 is 1.80 bits per heavy atom. The van der Waals surface area contributed by atoms with Crippen LogP contribution in [0, 0.1) is 6.92 Å². The summed E-state index contributed by atoms with van der Waals surface area (Å²) in [5.41, 5.74) is 4.60. The number of nitrogens with zero attached hydrogens (tertiary/aromatic N) is 1. The van der Waals surface area contributed by atoms with E-state index in [1.54, 1.807) is 0 Å². The quantitative estimate of drug-likeness (QED) is 0.636. The first-order valence-corrected chi connectivity index (χ1v) is 8.94. The minimum Gasteiger partial charge on any atom is -0.352 e. The Morgan fingerprint density at radius 3 is 2.56 bits per heavy atom. The molecule has 3 nitrogen and oxygen atoms in total. The van der Waals surface area contributed by atoms with Crippen molar-refractivity contribution in [1.82, 2.24) is 10.3 Å². The molecule has 1 aromatic heterocycles. The highest BCUT2D eigenvalue weighted by molar-refractivity contribution is 6.07. The zero-order valence-electron chi connectivity index (χ0n) is 14.9. The van der Waals surface area contributed by atoms with Crippen molar-refractivity contribution in [3.05, 3.63) is 65.7 Å². The first-order valence-electron chi connectivity index (χ1n) is 8.94. The normalized spacial score (nSPS) is 10.8. The maximum Gasteiger partial charge on any atom is 0.252 e. The summed E-state index contributed by atoms with van der Waals surface area (Å²) in [6, 6.07) is 18.0. The van der Waals surface area contributed by atoms with Crippen LogP contribution in [-0.2, 0) is 0 Å². The number of unbranched alkanes of at least 4 members (excludes halogenated alkanes) is 2. The number of pyridine rings is 1. The molecule has 0 aliphatic heterocycles. The molecule has 1 amide bonds. The van der Waals surface area contributed by atoms with Crippen LogP contribution in [0.15, 0.2) is 54.6 Å². The molecule has 1 N–H and O–H groups in total. The third kappa shape index (κ3) is 4.05. The van der Waals surface area contributed by atoms with Gasteiger partial charge in [-0.3, -0.25) is 4.79 Å². The van der Waals surface area contributed by atoms with Gasteiger partial charge in [-0.15, -0.1) is 0 Å². The smallest absolute Gasteiger partial charge is 0.252 e. The lowest BCUT2D eigenvalue weighted by molar-refractivity contribution is 0.0954. The number of fused-ring (bicyclic) bond motifs is 1. The standard InChI is InChI=1S/C22H24N2O/c1-3-4-7-14-23-22(25)19-15-21(17-12-10-16(2)11-13-17)24-20-9-6-5-8-18(19)20/h5-6,8-13,15H,3-4,7,14H2,1-2H3,(H,23,25). The van der Waals surface area contributed by atoms with Gasteiger partial charge < -0.3 is 5.32 Å². The van der Waals surface area contributed by atoms with Crippen LogP contribution in [0.1, 0.15) is 42.1 Å². The Hall–Kier alpha value is -2.68. The molecule has 0 aliphatic rings. The Morgan fingerprint density at radius 1 is 1.04 bits per heavy atom. The third-order valence-electron chi connectivity index (χ3n) is 4.37. The molecular weight excluding hydrogens is 308 g/mol. The molecule has 0 aliphatic carbocycles. The maximum absolute atomic E-state index is 12.7. The van der Waals surface area contributed by atoms with Gasteiger partial charge in [-0.2, -0.15) is 0 Å². The Kier molecular flexibility index (Phi) is 5.44. The van der Waals surface area contributed by atoms with E-state index in [0.29, 0.717) is 12.1 Å². The first-order chi connectivity index (χ1) is 12.2. The SMILES string of the molecule is CCCCCNC(=O)c1cc(-c2ccc(C)cc2)nc2ccccc12. The summed E-state index contributed by atoms with van der Waals surface area (Å²) in [4.78, 5) is 17.5. The summed E-state index contributed by atoms with van der Waals surface area (Å²) < 4.78 is 0. The van der Waals surface area contributed by atoms with E-state index in [9.17, 15) is 4.79 Å². The van der Waals surface area contributed by atoms with Gasteiger partial charge in [-0.05, 0) is 25.5 Å². The summed E-state index contributed by atoms with van der Waals surface area (Å²) in [6.45, 7) is 4.93. The summed E-state index contributed by atoms with van der Waals surface area (Å²) in [5, 5.41) is 3.94. The lowest BCUT2D eigenvalue weighted by Gasteiger charge is -2.11. The van der Waals surface area contributed by atoms with E-state index in [4.69, 9.17) is 4.98 Å². The second-order valence-electron chi connectivity index (χ2n) is 6.40. The van der Waals surface area contributed by atoms with Crippen molar-refractivity contribution in [2.24, 2.45) is 0 Å². The van der Waals surface area contributed by atoms with Crippen LogP contribution in [-0.4, -0.2) is 17.4 Å². The van der Waals surface area contributed by atoms with Gasteiger partial charge in [0.15, 0.2) is 0 Å². The molecule has 3 heteroatoms. The lowest BCUT2D eigenvalue weighted by atomic mass is 10.0. The van der Waals surface area contributed by atoms with E-state index in [-0.39, 0.29) is 5.91 Å². The minimum absolute atomic E-state index is 0.0249. The van der Waals surface area contributed by atoms with E-state index in [1.165, 1.54) is 5.56 Å². The predicted octanol–water partition coefficient (Wildman–Crippen LogP) is 5.13. The molecule has 0 unspecified atom stereocenters. The average molecular weight is 332 g/mol. The average Bonchev–Trinajstić information content (AvgIpc) is 2.65. The topological polar surface area (TPSA) is 42.0 Å². The fourth-order valence-corrected chi connectivity index (χ4v) is 2.91. The number of carbonyl (C=O) groups excluding carboxylic acids is 1. The van der Waals surface area contributed by atoms with Crippen LogP contribution in [0.3, 0.4) is 0 Å². The largest absolute Gasteiger partial charge is 0.352 e. The third-order valence-corrected chi connectivity index (χ3v) is 4.37. The summed E-state index contributed by atoms with van der Waals surface area (Å²) in [7, 11) is 0. The second kappa shape index (κ2) is 7.93. The number of rotatable bonds is 6. The molecule has 0 saturated heterocycles. The summed E-state index contributed by atoms with van der Waals surface area (Å²) >= 11 is 0. The van der Waals surface area contributed by atoms with Crippen molar-refractivity contribution in [3.8, 4) is 11.3 Å². The van der Waals surface area contributed by atoms with Gasteiger partial charge in [-0.25, -0.2) is 4.98 Å². The molecule has 0 saturated carbocycles. The molecule has 25 heavy (non-hydrogen) atoms.